The molecule has 0 amide bonds. The number of nitrogens with one attached hydrogen (secondary N) is 1. The van der Waals surface area contributed by atoms with Gasteiger partial charge in [-0.15, -0.1) is 0 Å². The Bertz CT molecular complexity index is 1220. The number of fused-ring (bicyclic) bond motifs is 1. The minimum atomic E-state index is -0.697. The summed E-state index contributed by atoms with van der Waals surface area (Å²) in [6, 6.07) is 6.99. The van der Waals surface area contributed by atoms with Crippen molar-refractivity contribution in [3.05, 3.63) is 66.3 Å². The number of ether oxygens (including phenoxy) is 2. The highest BCUT2D eigenvalue weighted by Crippen LogP contribution is 2.32. The first-order valence-corrected chi connectivity index (χ1v) is 12.3. The number of imidazole rings is 1. The highest BCUT2D eigenvalue weighted by molar-refractivity contribution is 5.85. The molecule has 9 heteroatoms. The van der Waals surface area contributed by atoms with Crippen molar-refractivity contribution in [3.63, 3.8) is 0 Å². The van der Waals surface area contributed by atoms with Gasteiger partial charge in [0.2, 0.25) is 0 Å². The van der Waals surface area contributed by atoms with Gasteiger partial charge in [0, 0.05) is 42.4 Å². The molecule has 0 saturated carbocycles. The van der Waals surface area contributed by atoms with E-state index < -0.39 is 17.7 Å². The first-order valence-electron chi connectivity index (χ1n) is 12.3. The lowest BCUT2D eigenvalue weighted by Crippen LogP contribution is -2.36. The standard InChI is InChI=1S/C23H21F2N5O2.2C2H6/c1-14(32-18-9-16(24)8-17(25)10-18)19-6-15(21-11-26-13-28-21)7-20-23(19)29-22(12-27-20)30-2-4-31-5-3-30;2*1-2/h6-14H,2-5H2,1H3,(H,26,28);2*1-2H3. The smallest absolute Gasteiger partial charge is 0.148 e. The fourth-order valence-electron chi connectivity index (χ4n) is 3.82. The first kappa shape index (κ1) is 27.0. The van der Waals surface area contributed by atoms with Gasteiger partial charge in [-0.1, -0.05) is 27.7 Å². The molecule has 1 unspecified atom stereocenters. The van der Waals surface area contributed by atoms with Crippen LogP contribution in [0.4, 0.5) is 14.6 Å². The predicted octanol–water partition coefficient (Wildman–Crippen LogP) is 6.33. The van der Waals surface area contributed by atoms with E-state index in [1.807, 2.05) is 46.8 Å². The Morgan fingerprint density at radius 3 is 2.31 bits per heavy atom. The van der Waals surface area contributed by atoms with Crippen LogP contribution in [0.25, 0.3) is 22.3 Å². The van der Waals surface area contributed by atoms with E-state index in [1.165, 1.54) is 0 Å². The van der Waals surface area contributed by atoms with Crippen LogP contribution >= 0.6 is 0 Å². The first-order chi connectivity index (χ1) is 17.6. The van der Waals surface area contributed by atoms with E-state index in [0.29, 0.717) is 24.2 Å². The lowest BCUT2D eigenvalue weighted by atomic mass is 10.0. The van der Waals surface area contributed by atoms with Gasteiger partial charge in [0.05, 0.1) is 48.7 Å². The average molecular weight is 498 g/mol. The molecule has 2 aromatic heterocycles. The second kappa shape index (κ2) is 12.9. The number of hydrogen-bond acceptors (Lipinski definition) is 6. The molecular formula is C27H33F2N5O2. The molecule has 1 atom stereocenters. The molecule has 1 aliphatic heterocycles. The molecular weight excluding hydrogens is 464 g/mol. The van der Waals surface area contributed by atoms with Gasteiger partial charge in [-0.05, 0) is 19.1 Å². The summed E-state index contributed by atoms with van der Waals surface area (Å²) in [6.45, 7) is 12.6. The largest absolute Gasteiger partial charge is 0.486 e. The summed E-state index contributed by atoms with van der Waals surface area (Å²) in [4.78, 5) is 18.8. The fourth-order valence-corrected chi connectivity index (χ4v) is 3.82. The maximum absolute atomic E-state index is 13.7. The van der Waals surface area contributed by atoms with Crippen LogP contribution in [0.15, 0.2) is 49.1 Å². The third-order valence-electron chi connectivity index (χ3n) is 5.40. The third-order valence-corrected chi connectivity index (χ3v) is 5.40. The van der Waals surface area contributed by atoms with Crippen LogP contribution in [0, 0.1) is 11.6 Å². The van der Waals surface area contributed by atoms with Crippen molar-refractivity contribution in [2.75, 3.05) is 31.2 Å². The summed E-state index contributed by atoms with van der Waals surface area (Å²) >= 11 is 0. The van der Waals surface area contributed by atoms with Crippen molar-refractivity contribution in [1.29, 1.82) is 0 Å². The maximum atomic E-state index is 13.7. The zero-order valence-corrected chi connectivity index (χ0v) is 21.4. The van der Waals surface area contributed by atoms with Gasteiger partial charge in [0.1, 0.15) is 29.3 Å². The number of aromatic amines is 1. The molecule has 3 heterocycles. The minimum absolute atomic E-state index is 0.104. The molecule has 7 nitrogen and oxygen atoms in total. The maximum Gasteiger partial charge on any atom is 0.148 e. The fraction of sp³-hybridized carbons (Fsp3) is 0.370. The lowest BCUT2D eigenvalue weighted by molar-refractivity contribution is 0.122. The number of aromatic nitrogens is 4. The van der Waals surface area contributed by atoms with Crippen LogP contribution in [0.3, 0.4) is 0 Å². The Hall–Kier alpha value is -3.59. The Labute approximate surface area is 210 Å². The quantitative estimate of drug-likeness (QED) is 0.347. The van der Waals surface area contributed by atoms with Crippen molar-refractivity contribution in [3.8, 4) is 17.0 Å². The van der Waals surface area contributed by atoms with Gasteiger partial charge in [-0.3, -0.25) is 4.98 Å². The van der Waals surface area contributed by atoms with Crippen LogP contribution in [-0.2, 0) is 4.74 Å². The average Bonchev–Trinajstić information content (AvgIpc) is 3.45. The third kappa shape index (κ3) is 6.34. The van der Waals surface area contributed by atoms with Crippen molar-refractivity contribution >= 4 is 16.9 Å². The van der Waals surface area contributed by atoms with Gasteiger partial charge >= 0.3 is 0 Å². The number of H-pyrrole nitrogens is 1. The Morgan fingerprint density at radius 1 is 0.972 bits per heavy atom. The predicted molar refractivity (Wildman–Crippen MR) is 138 cm³/mol. The van der Waals surface area contributed by atoms with Crippen molar-refractivity contribution < 1.29 is 18.3 Å². The van der Waals surface area contributed by atoms with Crippen LogP contribution in [0.5, 0.6) is 5.75 Å². The molecule has 2 aromatic carbocycles. The molecule has 1 aliphatic rings. The van der Waals surface area contributed by atoms with Crippen LogP contribution in [0.2, 0.25) is 0 Å². The molecule has 1 saturated heterocycles. The molecule has 1 N–H and O–H groups in total. The van der Waals surface area contributed by atoms with Gasteiger partial charge in [-0.25, -0.2) is 18.7 Å². The summed E-state index contributed by atoms with van der Waals surface area (Å²) < 4.78 is 38.7. The minimum Gasteiger partial charge on any atom is -0.486 e. The van der Waals surface area contributed by atoms with E-state index in [1.54, 1.807) is 18.7 Å². The van der Waals surface area contributed by atoms with Crippen LogP contribution in [-0.4, -0.2) is 46.2 Å². The number of hydrogen-bond donors (Lipinski definition) is 1. The Morgan fingerprint density at radius 2 is 1.67 bits per heavy atom. The van der Waals surface area contributed by atoms with Crippen LogP contribution in [0.1, 0.15) is 46.3 Å². The molecule has 1 fully saturated rings. The molecule has 0 radical (unpaired) electrons. The number of morpholine rings is 1. The molecule has 192 valence electrons. The normalized spacial score (nSPS) is 13.8. The molecule has 36 heavy (non-hydrogen) atoms. The second-order valence-corrected chi connectivity index (χ2v) is 7.59. The molecule has 0 spiro atoms. The van der Waals surface area contributed by atoms with E-state index in [0.717, 1.165) is 53.9 Å². The van der Waals surface area contributed by atoms with E-state index in [2.05, 4.69) is 19.9 Å². The number of rotatable bonds is 5. The lowest BCUT2D eigenvalue weighted by Gasteiger charge is -2.28. The summed E-state index contributed by atoms with van der Waals surface area (Å²) in [5.41, 5.74) is 3.78. The van der Waals surface area contributed by atoms with Gasteiger partial charge in [-0.2, -0.15) is 0 Å². The number of anilines is 1. The second-order valence-electron chi connectivity index (χ2n) is 7.59. The van der Waals surface area contributed by atoms with E-state index >= 15 is 0 Å². The molecule has 0 bridgehead atoms. The number of benzene rings is 2. The molecule has 0 aliphatic carbocycles. The van der Waals surface area contributed by atoms with Crippen LogP contribution < -0.4 is 9.64 Å². The van der Waals surface area contributed by atoms with E-state index in [-0.39, 0.29) is 5.75 Å². The number of halogens is 2. The monoisotopic (exact) mass is 497 g/mol. The Kier molecular flexibility index (Phi) is 9.69. The SMILES string of the molecule is CC.CC.CC(Oc1cc(F)cc(F)c1)c1cc(-c2cnc[nH]2)cc2ncc(N3CCOCC3)nc12. The van der Waals surface area contributed by atoms with E-state index in [4.69, 9.17) is 14.5 Å². The summed E-state index contributed by atoms with van der Waals surface area (Å²) in [5.74, 6) is -0.539. The van der Waals surface area contributed by atoms with E-state index in [9.17, 15) is 8.78 Å². The van der Waals surface area contributed by atoms with Crippen molar-refractivity contribution in [1.82, 2.24) is 19.9 Å². The highest BCUT2D eigenvalue weighted by atomic mass is 19.1. The Balaban J connectivity index is 0.000000861. The van der Waals surface area contributed by atoms with Crippen molar-refractivity contribution in [2.45, 2.75) is 40.7 Å². The zero-order chi connectivity index (χ0) is 26.1. The molecule has 4 aromatic rings. The van der Waals surface area contributed by atoms with Gasteiger partial charge < -0.3 is 19.4 Å². The zero-order valence-electron chi connectivity index (χ0n) is 21.4. The number of nitrogens with zero attached hydrogens (tertiary/aromatic N) is 4. The highest BCUT2D eigenvalue weighted by Gasteiger charge is 2.19. The summed E-state index contributed by atoms with van der Waals surface area (Å²) in [5, 5.41) is 0. The molecule has 5 rings (SSSR count). The van der Waals surface area contributed by atoms with Crippen molar-refractivity contribution in [2.24, 2.45) is 0 Å². The summed E-state index contributed by atoms with van der Waals surface area (Å²) in [7, 11) is 0. The van der Waals surface area contributed by atoms with Gasteiger partial charge in [0.25, 0.3) is 0 Å². The summed E-state index contributed by atoms with van der Waals surface area (Å²) in [6.07, 6.45) is 4.52. The van der Waals surface area contributed by atoms with Gasteiger partial charge in [0.15, 0.2) is 0 Å². The topological polar surface area (TPSA) is 76.2 Å².